The molecule has 2 N–H and O–H groups in total. The van der Waals surface area contributed by atoms with E-state index in [1.165, 1.54) is 0 Å². The second-order valence-corrected chi connectivity index (χ2v) is 6.85. The van der Waals surface area contributed by atoms with E-state index in [0.29, 0.717) is 5.56 Å². The van der Waals surface area contributed by atoms with Gasteiger partial charge in [0, 0.05) is 0 Å². The van der Waals surface area contributed by atoms with E-state index in [-0.39, 0.29) is 17.5 Å². The van der Waals surface area contributed by atoms with E-state index in [2.05, 4.69) is 21.6 Å². The number of carbonyl (C=O) groups excluding carboxylic acids is 1. The molecule has 2 aromatic rings. The molecule has 1 unspecified atom stereocenters. The molecule has 1 saturated heterocycles. The number of nitriles is 1. The van der Waals surface area contributed by atoms with Gasteiger partial charge in [-0.25, -0.2) is 0 Å². The second-order valence-electron chi connectivity index (χ2n) is 5.66. The van der Waals surface area contributed by atoms with E-state index >= 15 is 0 Å². The van der Waals surface area contributed by atoms with Gasteiger partial charge >= 0.3 is 5.97 Å². The maximum Gasteiger partial charge on any atom is 0.305 e. The molecule has 134 valence electrons. The van der Waals surface area contributed by atoms with E-state index < -0.39 is 11.2 Å². The number of aliphatic carboxylic acids is 1. The van der Waals surface area contributed by atoms with Crippen molar-refractivity contribution in [2.75, 3.05) is 0 Å². The average molecular weight is 378 g/mol. The van der Waals surface area contributed by atoms with Crippen LogP contribution in [0.25, 0.3) is 11.1 Å². The Morgan fingerprint density at radius 1 is 1.26 bits per heavy atom. The molecule has 0 aliphatic carbocycles. The van der Waals surface area contributed by atoms with Gasteiger partial charge in [0.25, 0.3) is 0 Å². The normalized spacial score (nSPS) is 17.8. The number of nitrogens with zero attached hydrogens (tertiary/aromatic N) is 3. The molecule has 1 amide bonds. The Labute approximate surface area is 159 Å². The first-order valence-corrected chi connectivity index (χ1v) is 8.84. The molecule has 1 aliphatic heterocycles. The topological polar surface area (TPSA) is 115 Å². The zero-order chi connectivity index (χ0) is 19.2. The summed E-state index contributed by atoms with van der Waals surface area (Å²) in [6, 6.07) is 17.0. The monoisotopic (exact) mass is 378 g/mol. The van der Waals surface area contributed by atoms with E-state index in [9.17, 15) is 9.59 Å². The third kappa shape index (κ3) is 4.80. The molecule has 1 fully saturated rings. The van der Waals surface area contributed by atoms with Gasteiger partial charge in [-0.2, -0.15) is 10.4 Å². The number of nitrogens with one attached hydrogen (secondary N) is 1. The third-order valence-electron chi connectivity index (χ3n) is 3.73. The Morgan fingerprint density at radius 3 is 2.74 bits per heavy atom. The predicted octanol–water partition coefficient (Wildman–Crippen LogP) is 2.62. The van der Waals surface area contributed by atoms with Gasteiger partial charge in [0.2, 0.25) is 5.91 Å². The average Bonchev–Trinajstić information content (AvgIpc) is 3.01. The van der Waals surface area contributed by atoms with Crippen LogP contribution in [0.4, 0.5) is 0 Å². The second kappa shape index (κ2) is 8.29. The molecular weight excluding hydrogens is 364 g/mol. The van der Waals surface area contributed by atoms with Crippen LogP contribution in [0.3, 0.4) is 0 Å². The van der Waals surface area contributed by atoms with Crippen molar-refractivity contribution in [1.82, 2.24) is 5.32 Å². The minimum atomic E-state index is -1.04. The van der Waals surface area contributed by atoms with E-state index in [1.54, 1.807) is 18.3 Å². The lowest BCUT2D eigenvalue weighted by Gasteiger charge is -2.02. The lowest BCUT2D eigenvalue weighted by molar-refractivity contribution is -0.138. The number of amides is 1. The summed E-state index contributed by atoms with van der Waals surface area (Å²) in [6.07, 6.45) is 1.29. The zero-order valence-electron chi connectivity index (χ0n) is 14.0. The molecular formula is C19H14N4O3S. The summed E-state index contributed by atoms with van der Waals surface area (Å²) in [5.41, 5.74) is 3.37. The first kappa shape index (κ1) is 18.4. The van der Waals surface area contributed by atoms with Crippen LogP contribution in [0.2, 0.25) is 0 Å². The molecule has 27 heavy (non-hydrogen) atoms. The Hall–Kier alpha value is -3.44. The number of hydrogen-bond donors (Lipinski definition) is 2. The van der Waals surface area contributed by atoms with Crippen LogP contribution in [0.5, 0.6) is 0 Å². The van der Waals surface area contributed by atoms with Crippen molar-refractivity contribution in [1.29, 1.82) is 5.26 Å². The Balaban J connectivity index is 1.70. The maximum absolute atomic E-state index is 11.7. The van der Waals surface area contributed by atoms with E-state index in [1.807, 2.05) is 36.4 Å². The molecule has 8 heteroatoms. The first-order valence-electron chi connectivity index (χ1n) is 7.96. The number of thioether (sulfide) groups is 1. The lowest BCUT2D eigenvalue weighted by Crippen LogP contribution is -2.26. The highest BCUT2D eigenvalue weighted by atomic mass is 32.2. The summed E-state index contributed by atoms with van der Waals surface area (Å²) in [5.74, 6) is -1.41. The minimum Gasteiger partial charge on any atom is -0.481 e. The largest absolute Gasteiger partial charge is 0.481 e. The number of hydrogen-bond acceptors (Lipinski definition) is 6. The summed E-state index contributed by atoms with van der Waals surface area (Å²) >= 11 is 1.05. The van der Waals surface area contributed by atoms with Gasteiger partial charge in [-0.15, -0.1) is 5.10 Å². The summed E-state index contributed by atoms with van der Waals surface area (Å²) in [7, 11) is 0. The summed E-state index contributed by atoms with van der Waals surface area (Å²) in [6.45, 7) is 0. The molecule has 1 heterocycles. The molecule has 0 aromatic heterocycles. The minimum absolute atomic E-state index is 0.258. The van der Waals surface area contributed by atoms with Crippen LogP contribution >= 0.6 is 11.8 Å². The number of carboxylic acids is 1. The summed E-state index contributed by atoms with van der Waals surface area (Å²) in [4.78, 5) is 22.4. The first-order chi connectivity index (χ1) is 13.0. The maximum atomic E-state index is 11.7. The number of rotatable bonds is 5. The van der Waals surface area contributed by atoms with E-state index in [4.69, 9.17) is 10.4 Å². The Morgan fingerprint density at radius 2 is 2.04 bits per heavy atom. The van der Waals surface area contributed by atoms with Gasteiger partial charge < -0.3 is 10.4 Å². The number of amidine groups is 1. The SMILES string of the molecule is N#Cc1ccc(-c2cccc(C=NN=C3NC(=O)C(CC(=O)O)S3)c2)cc1. The highest BCUT2D eigenvalue weighted by molar-refractivity contribution is 8.15. The van der Waals surface area contributed by atoms with Crippen LogP contribution in [-0.2, 0) is 9.59 Å². The summed E-state index contributed by atoms with van der Waals surface area (Å²) < 4.78 is 0. The van der Waals surface area contributed by atoms with Crippen LogP contribution in [0, 0.1) is 11.3 Å². The van der Waals surface area contributed by atoms with E-state index in [0.717, 1.165) is 28.5 Å². The zero-order valence-corrected chi connectivity index (χ0v) is 14.8. The molecule has 1 atom stereocenters. The van der Waals surface area contributed by atoms with Crippen molar-refractivity contribution < 1.29 is 14.7 Å². The van der Waals surface area contributed by atoms with Crippen LogP contribution in [0.1, 0.15) is 17.5 Å². The fourth-order valence-corrected chi connectivity index (χ4v) is 3.34. The van der Waals surface area contributed by atoms with Gasteiger partial charge in [-0.1, -0.05) is 42.1 Å². The molecule has 3 rings (SSSR count). The van der Waals surface area contributed by atoms with Crippen molar-refractivity contribution in [3.8, 4) is 17.2 Å². The fourth-order valence-electron chi connectivity index (χ4n) is 2.43. The summed E-state index contributed by atoms with van der Waals surface area (Å²) in [5, 5.41) is 27.7. The lowest BCUT2D eigenvalue weighted by atomic mass is 10.0. The quantitative estimate of drug-likeness (QED) is 0.613. The predicted molar refractivity (Wildman–Crippen MR) is 103 cm³/mol. The smallest absolute Gasteiger partial charge is 0.305 e. The highest BCUT2D eigenvalue weighted by Crippen LogP contribution is 2.23. The highest BCUT2D eigenvalue weighted by Gasteiger charge is 2.32. The van der Waals surface area contributed by atoms with Crippen LogP contribution < -0.4 is 5.32 Å². The van der Waals surface area contributed by atoms with Gasteiger partial charge in [-0.05, 0) is 34.9 Å². The third-order valence-corrected chi connectivity index (χ3v) is 4.80. The standard InChI is InChI=1S/C19H14N4O3S/c20-10-12-4-6-14(7-5-12)15-3-1-2-13(8-15)11-21-23-19-22-18(26)16(27-19)9-17(24)25/h1-8,11,16H,9H2,(H,24,25)(H,22,23,26). The van der Waals surface area contributed by atoms with Crippen molar-refractivity contribution >= 4 is 35.0 Å². The molecule has 2 aromatic carbocycles. The molecule has 0 radical (unpaired) electrons. The van der Waals surface area contributed by atoms with Crippen LogP contribution in [0.15, 0.2) is 58.7 Å². The van der Waals surface area contributed by atoms with Gasteiger partial charge in [0.1, 0.15) is 5.25 Å². The van der Waals surface area contributed by atoms with Crippen LogP contribution in [-0.4, -0.2) is 33.6 Å². The van der Waals surface area contributed by atoms with Crippen molar-refractivity contribution in [2.45, 2.75) is 11.7 Å². The molecule has 1 aliphatic rings. The van der Waals surface area contributed by atoms with Crippen molar-refractivity contribution in [2.24, 2.45) is 10.2 Å². The van der Waals surface area contributed by atoms with Gasteiger partial charge in [0.05, 0.1) is 24.3 Å². The van der Waals surface area contributed by atoms with Crippen molar-refractivity contribution in [3.05, 3.63) is 59.7 Å². The fraction of sp³-hybridized carbons (Fsp3) is 0.105. The number of benzene rings is 2. The Kier molecular flexibility index (Phi) is 5.64. The van der Waals surface area contributed by atoms with Gasteiger partial charge in [0.15, 0.2) is 5.17 Å². The molecule has 7 nitrogen and oxygen atoms in total. The Bertz CT molecular complexity index is 977. The number of carbonyl (C=O) groups is 2. The molecule has 0 spiro atoms. The number of carboxylic acid groups (broad SMARTS) is 1. The van der Waals surface area contributed by atoms with Crippen molar-refractivity contribution in [3.63, 3.8) is 0 Å². The molecule has 0 bridgehead atoms. The molecule has 0 saturated carbocycles. The van der Waals surface area contributed by atoms with Gasteiger partial charge in [-0.3, -0.25) is 9.59 Å².